The maximum atomic E-state index is 11.7. The van der Waals surface area contributed by atoms with Crippen LogP contribution in [-0.4, -0.2) is 24.8 Å². The molecule has 0 saturated carbocycles. The molecule has 0 atom stereocenters. The minimum Gasteiger partial charge on any atom is -0.396 e. The quantitative estimate of drug-likeness (QED) is 0.612. The average Bonchev–Trinajstić information content (AvgIpc) is 2.51. The van der Waals surface area contributed by atoms with Gasteiger partial charge < -0.3 is 10.2 Å². The molecule has 1 fully saturated rings. The highest BCUT2D eigenvalue weighted by Crippen LogP contribution is 2.12. The van der Waals surface area contributed by atoms with Crippen molar-refractivity contribution >= 4 is 11.6 Å². The molecule has 0 bridgehead atoms. The first kappa shape index (κ1) is 19.0. The Morgan fingerprint density at radius 3 is 2.18 bits per heavy atom. The SMILES string of the molecule is CCCON=C1CCCCCCCCCCC(=O)NCCC1. The second-order valence-corrected chi connectivity index (χ2v) is 6.27. The van der Waals surface area contributed by atoms with Crippen LogP contribution in [0.3, 0.4) is 0 Å². The highest BCUT2D eigenvalue weighted by atomic mass is 16.6. The zero-order valence-electron chi connectivity index (χ0n) is 14.4. The van der Waals surface area contributed by atoms with Gasteiger partial charge in [0.2, 0.25) is 5.91 Å². The van der Waals surface area contributed by atoms with E-state index >= 15 is 0 Å². The van der Waals surface area contributed by atoms with Gasteiger partial charge in [-0.25, -0.2) is 0 Å². The molecule has 1 aliphatic heterocycles. The number of hydrogen-bond donors (Lipinski definition) is 1. The van der Waals surface area contributed by atoms with Crippen LogP contribution in [0.4, 0.5) is 0 Å². The zero-order valence-corrected chi connectivity index (χ0v) is 14.4. The summed E-state index contributed by atoms with van der Waals surface area (Å²) < 4.78 is 0. The Kier molecular flexibility index (Phi) is 11.7. The van der Waals surface area contributed by atoms with E-state index in [2.05, 4.69) is 17.4 Å². The lowest BCUT2D eigenvalue weighted by atomic mass is 10.0. The number of hydrogen-bond acceptors (Lipinski definition) is 3. The van der Waals surface area contributed by atoms with Gasteiger partial charge in [0.05, 0.1) is 5.71 Å². The van der Waals surface area contributed by atoms with Gasteiger partial charge in [-0.05, 0) is 38.5 Å². The molecule has 0 spiro atoms. The van der Waals surface area contributed by atoms with Crippen LogP contribution in [0, 0.1) is 0 Å². The molecule has 1 heterocycles. The molecule has 128 valence electrons. The third-order valence-corrected chi connectivity index (χ3v) is 4.07. The topological polar surface area (TPSA) is 50.7 Å². The number of carbonyl (C=O) groups is 1. The van der Waals surface area contributed by atoms with Gasteiger partial charge in [0.1, 0.15) is 6.61 Å². The lowest BCUT2D eigenvalue weighted by molar-refractivity contribution is -0.121. The van der Waals surface area contributed by atoms with Crippen LogP contribution in [0.5, 0.6) is 0 Å². The van der Waals surface area contributed by atoms with E-state index in [-0.39, 0.29) is 5.91 Å². The summed E-state index contributed by atoms with van der Waals surface area (Å²) in [5, 5.41) is 7.32. The lowest BCUT2D eigenvalue weighted by Crippen LogP contribution is -2.24. The molecule has 4 nitrogen and oxygen atoms in total. The fourth-order valence-corrected chi connectivity index (χ4v) is 2.73. The molecule has 0 aromatic carbocycles. The van der Waals surface area contributed by atoms with Crippen molar-refractivity contribution in [3.05, 3.63) is 0 Å². The molecular formula is C18H34N2O2. The summed E-state index contributed by atoms with van der Waals surface area (Å²) in [5.74, 6) is 0.202. The van der Waals surface area contributed by atoms with Crippen molar-refractivity contribution in [2.45, 2.75) is 90.4 Å². The smallest absolute Gasteiger partial charge is 0.219 e. The molecule has 1 amide bonds. The number of rotatable bonds is 3. The van der Waals surface area contributed by atoms with Crippen LogP contribution in [0.2, 0.25) is 0 Å². The van der Waals surface area contributed by atoms with E-state index in [4.69, 9.17) is 4.84 Å². The third kappa shape index (κ3) is 10.6. The van der Waals surface area contributed by atoms with Gasteiger partial charge in [-0.1, -0.05) is 50.6 Å². The molecule has 1 saturated heterocycles. The normalized spacial score (nSPS) is 22.2. The van der Waals surface area contributed by atoms with Crippen LogP contribution in [0.25, 0.3) is 0 Å². The van der Waals surface area contributed by atoms with Gasteiger partial charge in [-0.3, -0.25) is 4.79 Å². The maximum absolute atomic E-state index is 11.7. The molecule has 22 heavy (non-hydrogen) atoms. The van der Waals surface area contributed by atoms with Crippen molar-refractivity contribution in [1.29, 1.82) is 0 Å². The Labute approximate surface area is 136 Å². The first-order valence-electron chi connectivity index (χ1n) is 9.27. The molecule has 1 aliphatic rings. The van der Waals surface area contributed by atoms with E-state index in [0.29, 0.717) is 13.0 Å². The Balaban J connectivity index is 2.37. The predicted octanol–water partition coefficient (Wildman–Crippen LogP) is 4.58. The number of carbonyl (C=O) groups excluding carboxylic acids is 1. The van der Waals surface area contributed by atoms with Crippen molar-refractivity contribution < 1.29 is 9.63 Å². The van der Waals surface area contributed by atoms with Gasteiger partial charge in [0.25, 0.3) is 0 Å². The number of oxime groups is 1. The Morgan fingerprint density at radius 2 is 1.50 bits per heavy atom. The summed E-state index contributed by atoms with van der Waals surface area (Å²) in [5.41, 5.74) is 1.16. The summed E-state index contributed by atoms with van der Waals surface area (Å²) in [6, 6.07) is 0. The Morgan fingerprint density at radius 1 is 0.909 bits per heavy atom. The molecule has 0 aromatic rings. The molecular weight excluding hydrogens is 276 g/mol. The minimum atomic E-state index is 0.202. The summed E-state index contributed by atoms with van der Waals surface area (Å²) >= 11 is 0. The second kappa shape index (κ2) is 13.6. The number of amides is 1. The predicted molar refractivity (Wildman–Crippen MR) is 92.1 cm³/mol. The van der Waals surface area contributed by atoms with Crippen LogP contribution in [-0.2, 0) is 9.63 Å². The first-order chi connectivity index (χ1) is 10.8. The highest BCUT2D eigenvalue weighted by molar-refractivity contribution is 5.84. The van der Waals surface area contributed by atoms with Gasteiger partial charge in [0.15, 0.2) is 0 Å². The van der Waals surface area contributed by atoms with Crippen LogP contribution < -0.4 is 5.32 Å². The molecule has 1 rings (SSSR count). The van der Waals surface area contributed by atoms with Gasteiger partial charge in [0, 0.05) is 13.0 Å². The number of nitrogens with zero attached hydrogens (tertiary/aromatic N) is 1. The molecule has 0 aliphatic carbocycles. The van der Waals surface area contributed by atoms with Crippen molar-refractivity contribution in [2.75, 3.05) is 13.2 Å². The van der Waals surface area contributed by atoms with Crippen molar-refractivity contribution in [3.63, 3.8) is 0 Å². The summed E-state index contributed by atoms with van der Waals surface area (Å²) in [6.45, 7) is 3.54. The van der Waals surface area contributed by atoms with Crippen molar-refractivity contribution in [3.8, 4) is 0 Å². The van der Waals surface area contributed by atoms with Crippen molar-refractivity contribution in [2.24, 2.45) is 5.16 Å². The van der Waals surface area contributed by atoms with E-state index in [0.717, 1.165) is 44.4 Å². The summed E-state index contributed by atoms with van der Waals surface area (Å²) in [6.07, 6.45) is 14.6. The van der Waals surface area contributed by atoms with Crippen LogP contribution in [0.1, 0.15) is 90.4 Å². The first-order valence-corrected chi connectivity index (χ1v) is 9.27. The molecule has 4 heteroatoms. The zero-order chi connectivity index (χ0) is 15.9. The fourth-order valence-electron chi connectivity index (χ4n) is 2.73. The lowest BCUT2D eigenvalue weighted by Gasteiger charge is -2.09. The summed E-state index contributed by atoms with van der Waals surface area (Å²) in [4.78, 5) is 17.1. The average molecular weight is 310 g/mol. The van der Waals surface area contributed by atoms with Crippen LogP contribution >= 0.6 is 0 Å². The fraction of sp³-hybridized carbons (Fsp3) is 0.889. The van der Waals surface area contributed by atoms with E-state index in [1.807, 2.05) is 0 Å². The largest absolute Gasteiger partial charge is 0.396 e. The molecule has 1 N–H and O–H groups in total. The Hall–Kier alpha value is -1.06. The third-order valence-electron chi connectivity index (χ3n) is 4.07. The monoisotopic (exact) mass is 310 g/mol. The van der Waals surface area contributed by atoms with E-state index < -0.39 is 0 Å². The number of nitrogens with one attached hydrogen (secondary N) is 1. The van der Waals surface area contributed by atoms with Gasteiger partial charge in [-0.15, -0.1) is 0 Å². The maximum Gasteiger partial charge on any atom is 0.219 e. The highest BCUT2D eigenvalue weighted by Gasteiger charge is 2.05. The summed E-state index contributed by atoms with van der Waals surface area (Å²) in [7, 11) is 0. The van der Waals surface area contributed by atoms with E-state index in [9.17, 15) is 4.79 Å². The van der Waals surface area contributed by atoms with Gasteiger partial charge >= 0.3 is 0 Å². The van der Waals surface area contributed by atoms with Gasteiger partial charge in [-0.2, -0.15) is 0 Å². The van der Waals surface area contributed by atoms with E-state index in [1.54, 1.807) is 0 Å². The second-order valence-electron chi connectivity index (χ2n) is 6.27. The minimum absolute atomic E-state index is 0.202. The van der Waals surface area contributed by atoms with Crippen molar-refractivity contribution in [1.82, 2.24) is 5.32 Å². The Bertz CT molecular complexity index is 316. The molecule has 0 aromatic heterocycles. The standard InChI is InChI=1S/C18H34N2O2/c1-2-16-22-20-17-12-9-7-5-3-4-6-8-10-14-18(21)19-15-11-13-17/h2-16H2,1H3,(H,19,21). The molecule has 0 unspecified atom stereocenters. The molecule has 0 radical (unpaired) electrons. The van der Waals surface area contributed by atoms with E-state index in [1.165, 1.54) is 44.9 Å². The van der Waals surface area contributed by atoms with Crippen LogP contribution in [0.15, 0.2) is 5.16 Å².